The van der Waals surface area contributed by atoms with E-state index >= 15 is 0 Å². The lowest BCUT2D eigenvalue weighted by Gasteiger charge is -2.10. The molecule has 0 aromatic heterocycles. The zero-order valence-electron chi connectivity index (χ0n) is 9.77. The van der Waals surface area contributed by atoms with Gasteiger partial charge in [-0.1, -0.05) is 0 Å². The second kappa shape index (κ2) is 5.22. The van der Waals surface area contributed by atoms with Crippen LogP contribution in [0.1, 0.15) is 0 Å². The first-order valence-electron chi connectivity index (χ1n) is 5.04. The van der Waals surface area contributed by atoms with Gasteiger partial charge in [-0.15, -0.1) is 0 Å². The second-order valence-corrected chi connectivity index (χ2v) is 4.25. The predicted molar refractivity (Wildman–Crippen MR) is 59.7 cm³/mol. The van der Waals surface area contributed by atoms with Crippen molar-refractivity contribution in [3.8, 4) is 0 Å². The van der Waals surface area contributed by atoms with Crippen molar-refractivity contribution in [2.75, 3.05) is 54.6 Å². The van der Waals surface area contributed by atoms with E-state index in [-0.39, 0.29) is 0 Å². The summed E-state index contributed by atoms with van der Waals surface area (Å²) in [5, 5.41) is 0. The summed E-state index contributed by atoms with van der Waals surface area (Å²) in [4.78, 5) is 8.86. The fraction of sp³-hybridized carbons (Fsp3) is 0.800. The molecule has 0 radical (unpaired) electrons. The smallest absolute Gasteiger partial charge is 0.0887 e. The van der Waals surface area contributed by atoms with Crippen molar-refractivity contribution >= 4 is 0 Å². The second-order valence-electron chi connectivity index (χ2n) is 4.25. The highest BCUT2D eigenvalue weighted by Gasteiger charge is 2.09. The van der Waals surface area contributed by atoms with Crippen LogP contribution in [0.15, 0.2) is 12.4 Å². The van der Waals surface area contributed by atoms with Crippen molar-refractivity contribution in [1.29, 1.82) is 0 Å². The standard InChI is InChI=1S/C5H12N2.C5H10N2/c2*1-6-3-4-7(2)5-6/h3-5H2,1-2H3;3-4H,5H2,1-2H3. The molecule has 0 aliphatic carbocycles. The van der Waals surface area contributed by atoms with Gasteiger partial charge in [0.05, 0.1) is 13.3 Å². The maximum absolute atomic E-state index is 2.31. The van der Waals surface area contributed by atoms with Crippen molar-refractivity contribution in [2.45, 2.75) is 0 Å². The van der Waals surface area contributed by atoms with E-state index in [2.05, 4.69) is 60.2 Å². The Hall–Kier alpha value is -0.740. The Morgan fingerprint density at radius 2 is 1.14 bits per heavy atom. The van der Waals surface area contributed by atoms with E-state index in [1.54, 1.807) is 0 Å². The molecule has 0 aromatic rings. The third kappa shape index (κ3) is 3.98. The lowest BCUT2D eigenvalue weighted by molar-refractivity contribution is 0.318. The quantitative estimate of drug-likeness (QED) is 0.548. The van der Waals surface area contributed by atoms with Crippen molar-refractivity contribution in [2.24, 2.45) is 0 Å². The zero-order valence-corrected chi connectivity index (χ0v) is 9.77. The Morgan fingerprint density at radius 3 is 1.29 bits per heavy atom. The minimum Gasteiger partial charge on any atom is -0.362 e. The van der Waals surface area contributed by atoms with Gasteiger partial charge in [0.1, 0.15) is 0 Å². The van der Waals surface area contributed by atoms with E-state index < -0.39 is 0 Å². The average Bonchev–Trinajstić information content (AvgIpc) is 2.63. The predicted octanol–water partition coefficient (Wildman–Crippen LogP) is 0.113. The van der Waals surface area contributed by atoms with Gasteiger partial charge in [-0.25, -0.2) is 0 Å². The molecule has 0 unspecified atom stereocenters. The van der Waals surface area contributed by atoms with Crippen molar-refractivity contribution < 1.29 is 0 Å². The topological polar surface area (TPSA) is 13.0 Å². The molecule has 2 aliphatic rings. The van der Waals surface area contributed by atoms with E-state index in [4.69, 9.17) is 0 Å². The molecule has 2 aliphatic heterocycles. The maximum Gasteiger partial charge on any atom is 0.0887 e. The van der Waals surface area contributed by atoms with Gasteiger partial charge < -0.3 is 9.80 Å². The van der Waals surface area contributed by atoms with E-state index in [1.165, 1.54) is 13.1 Å². The molecule has 0 atom stereocenters. The van der Waals surface area contributed by atoms with Crippen LogP contribution in [0.4, 0.5) is 0 Å². The fourth-order valence-corrected chi connectivity index (χ4v) is 1.57. The first-order chi connectivity index (χ1) is 6.58. The van der Waals surface area contributed by atoms with E-state index in [0.29, 0.717) is 0 Å². The molecule has 0 aromatic carbocycles. The Balaban J connectivity index is 0.000000140. The highest BCUT2D eigenvalue weighted by molar-refractivity contribution is 4.85. The number of nitrogens with zero attached hydrogens (tertiary/aromatic N) is 4. The van der Waals surface area contributed by atoms with Crippen LogP contribution >= 0.6 is 0 Å². The summed E-state index contributed by atoms with van der Waals surface area (Å²) < 4.78 is 0. The Labute approximate surface area is 87.4 Å². The van der Waals surface area contributed by atoms with Crippen LogP contribution < -0.4 is 0 Å². The Bertz CT molecular complexity index is 175. The molecule has 0 amide bonds. The van der Waals surface area contributed by atoms with Crippen molar-refractivity contribution in [3.63, 3.8) is 0 Å². The van der Waals surface area contributed by atoms with Gasteiger partial charge in [-0.05, 0) is 14.1 Å². The lowest BCUT2D eigenvalue weighted by Crippen LogP contribution is -2.17. The minimum atomic E-state index is 1.03. The number of rotatable bonds is 0. The highest BCUT2D eigenvalue weighted by atomic mass is 15.3. The largest absolute Gasteiger partial charge is 0.362 e. The SMILES string of the molecule is CN1C=CN(C)C1.CN1CCN(C)C1. The van der Waals surface area contributed by atoms with E-state index in [9.17, 15) is 0 Å². The molecule has 4 nitrogen and oxygen atoms in total. The Morgan fingerprint density at radius 1 is 0.714 bits per heavy atom. The lowest BCUT2D eigenvalue weighted by atomic mass is 10.6. The molecule has 82 valence electrons. The summed E-state index contributed by atoms with van der Waals surface area (Å²) in [6.45, 7) is 4.63. The molecule has 0 N–H and O–H groups in total. The molecule has 0 spiro atoms. The zero-order chi connectivity index (χ0) is 10.6. The van der Waals surface area contributed by atoms with Gasteiger partial charge in [0.2, 0.25) is 0 Å². The van der Waals surface area contributed by atoms with E-state index in [1.807, 2.05) is 0 Å². The summed E-state index contributed by atoms with van der Waals surface area (Å²) in [5.74, 6) is 0. The van der Waals surface area contributed by atoms with E-state index in [0.717, 1.165) is 13.3 Å². The third-order valence-electron chi connectivity index (χ3n) is 2.37. The Kier molecular flexibility index (Phi) is 4.22. The summed E-state index contributed by atoms with van der Waals surface area (Å²) in [7, 11) is 8.40. The molecule has 14 heavy (non-hydrogen) atoms. The maximum atomic E-state index is 2.31. The minimum absolute atomic E-state index is 1.03. The molecule has 1 saturated heterocycles. The molecule has 0 saturated carbocycles. The van der Waals surface area contributed by atoms with Crippen LogP contribution in [-0.2, 0) is 0 Å². The molecule has 2 heterocycles. The summed E-state index contributed by atoms with van der Waals surface area (Å²) in [6, 6.07) is 0. The molecule has 1 fully saturated rings. The van der Waals surface area contributed by atoms with Crippen LogP contribution in [0.25, 0.3) is 0 Å². The normalized spacial score (nSPS) is 22.9. The third-order valence-corrected chi connectivity index (χ3v) is 2.37. The molecule has 0 bridgehead atoms. The van der Waals surface area contributed by atoms with Gasteiger partial charge in [-0.3, -0.25) is 9.80 Å². The van der Waals surface area contributed by atoms with Crippen LogP contribution in [0.5, 0.6) is 0 Å². The van der Waals surface area contributed by atoms with Crippen molar-refractivity contribution in [1.82, 2.24) is 19.6 Å². The first kappa shape index (κ1) is 11.3. The van der Waals surface area contributed by atoms with Gasteiger partial charge >= 0.3 is 0 Å². The summed E-state index contributed by atoms with van der Waals surface area (Å²) in [5.41, 5.74) is 0. The molecular formula is C10H22N4. The van der Waals surface area contributed by atoms with Crippen LogP contribution in [0.2, 0.25) is 0 Å². The van der Waals surface area contributed by atoms with Gasteiger partial charge in [-0.2, -0.15) is 0 Å². The number of hydrogen-bond acceptors (Lipinski definition) is 4. The molecular weight excluding hydrogens is 176 g/mol. The van der Waals surface area contributed by atoms with Crippen LogP contribution in [0.3, 0.4) is 0 Å². The summed E-state index contributed by atoms with van der Waals surface area (Å²) in [6.07, 6.45) is 4.11. The van der Waals surface area contributed by atoms with Crippen LogP contribution in [-0.4, -0.2) is 74.2 Å². The van der Waals surface area contributed by atoms with Crippen molar-refractivity contribution in [3.05, 3.63) is 12.4 Å². The molecule has 4 heteroatoms. The first-order valence-corrected chi connectivity index (χ1v) is 5.04. The average molecular weight is 198 g/mol. The van der Waals surface area contributed by atoms with Gasteiger partial charge in [0.25, 0.3) is 0 Å². The fourth-order valence-electron chi connectivity index (χ4n) is 1.57. The van der Waals surface area contributed by atoms with Crippen LogP contribution in [0, 0.1) is 0 Å². The number of likely N-dealkylation sites (N-methyl/N-ethyl adjacent to an activating group) is 2. The summed E-state index contributed by atoms with van der Waals surface area (Å²) >= 11 is 0. The highest BCUT2D eigenvalue weighted by Crippen LogP contribution is 1.97. The monoisotopic (exact) mass is 198 g/mol. The van der Waals surface area contributed by atoms with Gasteiger partial charge in [0.15, 0.2) is 0 Å². The van der Waals surface area contributed by atoms with Gasteiger partial charge in [0, 0.05) is 39.6 Å². The molecule has 2 rings (SSSR count). The number of hydrogen-bond donors (Lipinski definition) is 0.